The minimum absolute atomic E-state index is 0.209. The average molecular weight is 493 g/mol. The van der Waals surface area contributed by atoms with Gasteiger partial charge < -0.3 is 4.48 Å². The Morgan fingerprint density at radius 2 is 1.54 bits per heavy atom. The molecule has 1 fully saturated rings. The molecular formula is C27H31ClN5O2+3. The lowest BCUT2D eigenvalue weighted by Crippen LogP contribution is -2.68. The predicted molar refractivity (Wildman–Crippen MR) is 139 cm³/mol. The van der Waals surface area contributed by atoms with Crippen molar-refractivity contribution in [3.05, 3.63) is 68.6 Å². The van der Waals surface area contributed by atoms with Gasteiger partial charge in [0.05, 0.1) is 39.0 Å². The smallest absolute Gasteiger partial charge is 0.310 e. The van der Waals surface area contributed by atoms with Gasteiger partial charge in [-0.05, 0) is 25.1 Å². The van der Waals surface area contributed by atoms with Gasteiger partial charge in [-0.1, -0.05) is 23.7 Å². The maximum absolute atomic E-state index is 13.0. The van der Waals surface area contributed by atoms with Crippen molar-refractivity contribution >= 4 is 46.4 Å². The fourth-order valence-electron chi connectivity index (χ4n) is 5.77. The van der Waals surface area contributed by atoms with Crippen LogP contribution in [0.15, 0.2) is 42.5 Å². The van der Waals surface area contributed by atoms with Gasteiger partial charge in [0.25, 0.3) is 0 Å². The van der Waals surface area contributed by atoms with Gasteiger partial charge in [0.15, 0.2) is 11.4 Å². The summed E-state index contributed by atoms with van der Waals surface area (Å²) in [6.45, 7) is 4.74. The van der Waals surface area contributed by atoms with Gasteiger partial charge in [0.2, 0.25) is 21.1 Å². The highest BCUT2D eigenvalue weighted by Gasteiger charge is 2.60. The van der Waals surface area contributed by atoms with Crippen LogP contribution in [0.4, 0.5) is 32.3 Å². The Hall–Kier alpha value is -2.45. The fourth-order valence-corrected chi connectivity index (χ4v) is 5.94. The first-order valence-electron chi connectivity index (χ1n) is 12.0. The number of nitrogens with one attached hydrogen (secondary N) is 2. The van der Waals surface area contributed by atoms with Crippen LogP contribution in [0.3, 0.4) is 0 Å². The first kappa shape index (κ1) is 24.3. The Balaban J connectivity index is 1.21. The number of para-hydroxylation sites is 2. The number of hydrogen-bond donors (Lipinski definition) is 2. The summed E-state index contributed by atoms with van der Waals surface area (Å²) in [7, 11) is 20.0. The fraction of sp³-hybridized carbons (Fsp3) is 0.370. The maximum Gasteiger partial charge on any atom is 0.427 e. The largest absolute Gasteiger partial charge is 0.427 e. The van der Waals surface area contributed by atoms with E-state index in [1.807, 2.05) is 30.3 Å². The highest BCUT2D eigenvalue weighted by Crippen LogP contribution is 2.48. The summed E-state index contributed by atoms with van der Waals surface area (Å²) in [5.41, 5.74) is 2.47. The van der Waals surface area contributed by atoms with Gasteiger partial charge in [0.1, 0.15) is 16.9 Å². The SMILES string of the molecule is [CH][N+]1(CCCC[N+]2([CH])C(=O)Nc3ccccc32)CCC(C)([N+]2([CH])C(=O)Nc3cc(Cl)ccc32)CC1. The second-order valence-electron chi connectivity index (χ2n) is 10.4. The minimum Gasteiger partial charge on any atom is -0.310 e. The first-order valence-corrected chi connectivity index (χ1v) is 12.4. The minimum atomic E-state index is -0.492. The third-order valence-electron chi connectivity index (χ3n) is 8.25. The van der Waals surface area contributed by atoms with Crippen LogP contribution in [0.25, 0.3) is 0 Å². The zero-order chi connectivity index (χ0) is 25.1. The molecule has 8 heteroatoms. The normalized spacial score (nSPS) is 33.7. The van der Waals surface area contributed by atoms with Gasteiger partial charge in [-0.25, -0.2) is 9.59 Å². The quantitative estimate of drug-likeness (QED) is 0.389. The molecule has 4 amide bonds. The number of likely N-dealkylation sites (tertiary alicyclic amines) is 1. The van der Waals surface area contributed by atoms with Crippen LogP contribution in [-0.2, 0) is 0 Å². The van der Waals surface area contributed by atoms with Crippen molar-refractivity contribution in [2.75, 3.05) is 36.8 Å². The van der Waals surface area contributed by atoms with Crippen LogP contribution in [-0.4, -0.2) is 48.3 Å². The topological polar surface area (TPSA) is 58.2 Å². The van der Waals surface area contributed by atoms with Crippen LogP contribution in [0.2, 0.25) is 5.02 Å². The summed E-state index contributed by atoms with van der Waals surface area (Å²) in [5.74, 6) is 0. The third kappa shape index (κ3) is 3.76. The van der Waals surface area contributed by atoms with E-state index in [9.17, 15) is 9.59 Å². The van der Waals surface area contributed by atoms with Gasteiger partial charge in [0, 0.05) is 30.0 Å². The number of carbonyl (C=O) groups excluding carboxylic acids is 2. The number of rotatable bonds is 6. The Morgan fingerprint density at radius 3 is 2.29 bits per heavy atom. The average Bonchev–Trinajstić information content (AvgIpc) is 3.24. The van der Waals surface area contributed by atoms with E-state index in [1.54, 1.807) is 12.1 Å². The molecular weight excluding hydrogens is 462 g/mol. The number of anilines is 2. The number of piperidine rings is 1. The van der Waals surface area contributed by atoms with E-state index in [4.69, 9.17) is 32.7 Å². The molecule has 3 aliphatic heterocycles. The monoisotopic (exact) mass is 492 g/mol. The van der Waals surface area contributed by atoms with Crippen molar-refractivity contribution in [2.45, 2.75) is 38.1 Å². The van der Waals surface area contributed by atoms with Gasteiger partial charge in [-0.3, -0.25) is 10.6 Å². The number of urea groups is 2. The molecule has 5 rings (SSSR count). The Labute approximate surface area is 213 Å². The van der Waals surface area contributed by atoms with Crippen LogP contribution in [0, 0.1) is 21.1 Å². The van der Waals surface area contributed by atoms with E-state index in [2.05, 4.69) is 17.6 Å². The summed E-state index contributed by atoms with van der Waals surface area (Å²) < 4.78 is -0.107. The molecule has 2 unspecified atom stereocenters. The lowest BCUT2D eigenvalue weighted by molar-refractivity contribution is -0.892. The molecule has 7 nitrogen and oxygen atoms in total. The van der Waals surface area contributed by atoms with E-state index in [-0.39, 0.29) is 21.0 Å². The number of unbranched alkanes of at least 4 members (excludes halogenated alkanes) is 1. The van der Waals surface area contributed by atoms with Crippen LogP contribution in [0.1, 0.15) is 32.6 Å². The summed E-state index contributed by atoms with van der Waals surface area (Å²) in [5, 5.41) is 6.32. The zero-order valence-electron chi connectivity index (χ0n) is 20.0. The molecule has 0 spiro atoms. The zero-order valence-corrected chi connectivity index (χ0v) is 20.7. The van der Waals surface area contributed by atoms with Crippen LogP contribution < -0.4 is 19.6 Å². The number of halogens is 1. The summed E-state index contributed by atoms with van der Waals surface area (Å²) in [6.07, 6.45) is 2.99. The van der Waals surface area contributed by atoms with Gasteiger partial charge in [-0.2, -0.15) is 8.97 Å². The highest BCUT2D eigenvalue weighted by molar-refractivity contribution is 6.31. The molecule has 35 heavy (non-hydrogen) atoms. The lowest BCUT2D eigenvalue weighted by atomic mass is 9.84. The van der Waals surface area contributed by atoms with Gasteiger partial charge >= 0.3 is 12.1 Å². The molecule has 1 saturated heterocycles. The van der Waals surface area contributed by atoms with E-state index < -0.39 is 5.54 Å². The Morgan fingerprint density at radius 1 is 0.886 bits per heavy atom. The van der Waals surface area contributed by atoms with E-state index >= 15 is 0 Å². The second-order valence-corrected chi connectivity index (χ2v) is 10.9. The molecule has 180 valence electrons. The molecule has 3 aliphatic rings. The van der Waals surface area contributed by atoms with Crippen LogP contribution in [0.5, 0.6) is 0 Å². The van der Waals surface area contributed by atoms with E-state index in [0.29, 0.717) is 47.7 Å². The number of benzene rings is 2. The molecule has 2 aromatic carbocycles. The predicted octanol–water partition coefficient (Wildman–Crippen LogP) is 5.90. The number of carbonyl (C=O) groups is 2. The lowest BCUT2D eigenvalue weighted by Gasteiger charge is -2.49. The standard InChI is InChI=1S/C27H31ClN5O2/c1-27(33(4)24-12-11-20(28)19-22(24)30-26(33)35)13-17-31(2,18-14-27)15-7-8-16-32(3)23-10-6-5-9-21(23)29-25(32)34/h2-6,9-12,19H,7-8,13-18H2,1H3,(H,29,34)(H,30,35)/q+3. The van der Waals surface area contributed by atoms with E-state index in [1.165, 1.54) is 0 Å². The molecule has 0 aromatic heterocycles. The summed E-state index contributed by atoms with van der Waals surface area (Å²) in [4.78, 5) is 25.5. The third-order valence-corrected chi connectivity index (χ3v) is 8.48. The van der Waals surface area contributed by atoms with Crippen molar-refractivity contribution in [1.82, 2.24) is 8.97 Å². The number of nitrogens with zero attached hydrogens (tertiary/aromatic N) is 3. The maximum atomic E-state index is 13.0. The number of quaternary nitrogens is 3. The summed E-state index contributed by atoms with van der Waals surface area (Å²) >= 11 is 6.12. The van der Waals surface area contributed by atoms with Gasteiger partial charge in [-0.15, -0.1) is 0 Å². The second kappa shape index (κ2) is 8.30. The molecule has 2 aromatic rings. The molecule has 2 N–H and O–H groups in total. The number of hydrogen-bond acceptors (Lipinski definition) is 2. The summed E-state index contributed by atoms with van der Waals surface area (Å²) in [6, 6.07) is 12.4. The highest BCUT2D eigenvalue weighted by atomic mass is 35.5. The molecule has 6 radical (unpaired) electrons. The van der Waals surface area contributed by atoms with E-state index in [0.717, 1.165) is 36.4 Å². The molecule has 3 heterocycles. The van der Waals surface area contributed by atoms with Crippen molar-refractivity contribution in [3.8, 4) is 0 Å². The Bertz CT molecular complexity index is 1190. The van der Waals surface area contributed by atoms with Crippen molar-refractivity contribution < 1.29 is 14.1 Å². The van der Waals surface area contributed by atoms with Crippen molar-refractivity contribution in [1.29, 1.82) is 0 Å². The Kier molecular flexibility index (Phi) is 5.75. The number of amides is 4. The van der Waals surface area contributed by atoms with Crippen LogP contribution >= 0.6 is 11.6 Å². The molecule has 0 saturated carbocycles. The molecule has 0 aliphatic carbocycles. The molecule has 0 bridgehead atoms. The number of fused-ring (bicyclic) bond motifs is 2. The molecule has 2 atom stereocenters. The van der Waals surface area contributed by atoms with Crippen molar-refractivity contribution in [3.63, 3.8) is 0 Å². The van der Waals surface area contributed by atoms with Crippen molar-refractivity contribution in [2.24, 2.45) is 0 Å². The first-order chi connectivity index (χ1) is 16.5.